The molecule has 3 heteroatoms. The van der Waals surface area contributed by atoms with E-state index in [1.54, 1.807) is 19.2 Å². The summed E-state index contributed by atoms with van der Waals surface area (Å²) in [5.74, 6) is -0.0845. The van der Waals surface area contributed by atoms with Crippen LogP contribution in [0.4, 0.5) is 0 Å². The Morgan fingerprint density at radius 3 is 2.33 bits per heavy atom. The first-order valence-electron chi connectivity index (χ1n) is 5.61. The summed E-state index contributed by atoms with van der Waals surface area (Å²) >= 11 is 0. The maximum Gasteiger partial charge on any atom is 0.335 e. The lowest BCUT2D eigenvalue weighted by molar-refractivity contribution is 0.0697. The van der Waals surface area contributed by atoms with Crippen molar-refractivity contribution in [2.45, 2.75) is 6.92 Å². The van der Waals surface area contributed by atoms with Gasteiger partial charge in [0.15, 0.2) is 0 Å². The zero-order chi connectivity index (χ0) is 13.1. The molecule has 92 valence electrons. The van der Waals surface area contributed by atoms with Crippen LogP contribution in [0.3, 0.4) is 0 Å². The molecule has 0 radical (unpaired) electrons. The van der Waals surface area contributed by atoms with E-state index in [0.29, 0.717) is 5.56 Å². The molecule has 0 aromatic heterocycles. The lowest BCUT2D eigenvalue weighted by Gasteiger charge is -2.10. The van der Waals surface area contributed by atoms with Crippen LogP contribution in [0.15, 0.2) is 42.5 Å². The Hall–Kier alpha value is -2.29. The van der Waals surface area contributed by atoms with Gasteiger partial charge in [0.25, 0.3) is 0 Å². The van der Waals surface area contributed by atoms with Crippen LogP contribution in [0.25, 0.3) is 11.1 Å². The number of benzene rings is 2. The van der Waals surface area contributed by atoms with Gasteiger partial charge in [-0.15, -0.1) is 0 Å². The van der Waals surface area contributed by atoms with Gasteiger partial charge < -0.3 is 9.84 Å². The Balaban J connectivity index is 2.46. The molecule has 0 atom stereocenters. The fraction of sp³-hybridized carbons (Fsp3) is 0.133. The Labute approximate surface area is 106 Å². The number of carbonyl (C=O) groups is 1. The van der Waals surface area contributed by atoms with E-state index in [0.717, 1.165) is 22.4 Å². The SMILES string of the molecule is COc1cccc(-c2ccc(C(=O)O)cc2)c1C. The van der Waals surface area contributed by atoms with Crippen LogP contribution in [-0.4, -0.2) is 18.2 Å². The predicted molar refractivity (Wildman–Crippen MR) is 70.1 cm³/mol. The molecule has 2 rings (SSSR count). The molecule has 2 aromatic rings. The van der Waals surface area contributed by atoms with Gasteiger partial charge in [-0.1, -0.05) is 24.3 Å². The Morgan fingerprint density at radius 2 is 1.78 bits per heavy atom. The molecule has 0 aliphatic carbocycles. The van der Waals surface area contributed by atoms with Crippen molar-refractivity contribution in [2.75, 3.05) is 7.11 Å². The first-order valence-corrected chi connectivity index (χ1v) is 5.61. The number of methoxy groups -OCH3 is 1. The van der Waals surface area contributed by atoms with Gasteiger partial charge >= 0.3 is 5.97 Å². The van der Waals surface area contributed by atoms with E-state index >= 15 is 0 Å². The van der Waals surface area contributed by atoms with E-state index in [2.05, 4.69) is 0 Å². The molecule has 0 spiro atoms. The first-order chi connectivity index (χ1) is 8.63. The van der Waals surface area contributed by atoms with Crippen molar-refractivity contribution in [1.82, 2.24) is 0 Å². The maximum atomic E-state index is 10.8. The quantitative estimate of drug-likeness (QED) is 0.897. The molecule has 0 bridgehead atoms. The smallest absolute Gasteiger partial charge is 0.335 e. The summed E-state index contributed by atoms with van der Waals surface area (Å²) in [7, 11) is 1.64. The van der Waals surface area contributed by atoms with E-state index in [1.165, 1.54) is 0 Å². The minimum Gasteiger partial charge on any atom is -0.496 e. The van der Waals surface area contributed by atoms with Crippen molar-refractivity contribution in [3.63, 3.8) is 0 Å². The maximum absolute atomic E-state index is 10.8. The van der Waals surface area contributed by atoms with Gasteiger partial charge in [-0.05, 0) is 41.8 Å². The molecule has 18 heavy (non-hydrogen) atoms. The van der Waals surface area contributed by atoms with Crippen LogP contribution in [0.5, 0.6) is 5.75 Å². The highest BCUT2D eigenvalue weighted by Crippen LogP contribution is 2.29. The van der Waals surface area contributed by atoms with Crippen LogP contribution in [0.2, 0.25) is 0 Å². The highest BCUT2D eigenvalue weighted by molar-refractivity contribution is 5.88. The van der Waals surface area contributed by atoms with Crippen molar-refractivity contribution in [3.05, 3.63) is 53.6 Å². The number of ether oxygens (including phenoxy) is 1. The Kier molecular flexibility index (Phi) is 3.33. The molecule has 0 aliphatic rings. The average molecular weight is 242 g/mol. The van der Waals surface area contributed by atoms with Crippen LogP contribution in [-0.2, 0) is 0 Å². The van der Waals surface area contributed by atoms with Gasteiger partial charge in [0.1, 0.15) is 5.75 Å². The molecule has 0 heterocycles. The molecule has 0 fully saturated rings. The predicted octanol–water partition coefficient (Wildman–Crippen LogP) is 3.37. The second-order valence-corrected chi connectivity index (χ2v) is 4.02. The van der Waals surface area contributed by atoms with Gasteiger partial charge in [0.2, 0.25) is 0 Å². The van der Waals surface area contributed by atoms with Gasteiger partial charge in [-0.25, -0.2) is 4.79 Å². The Bertz CT molecular complexity index is 571. The highest BCUT2D eigenvalue weighted by atomic mass is 16.5. The third-order valence-corrected chi connectivity index (χ3v) is 2.95. The molecule has 2 aromatic carbocycles. The van der Waals surface area contributed by atoms with Crippen LogP contribution >= 0.6 is 0 Å². The number of rotatable bonds is 3. The summed E-state index contributed by atoms with van der Waals surface area (Å²) in [4.78, 5) is 10.8. The summed E-state index contributed by atoms with van der Waals surface area (Å²) in [6.45, 7) is 1.99. The largest absolute Gasteiger partial charge is 0.496 e. The number of carboxylic acids is 1. The van der Waals surface area contributed by atoms with Crippen molar-refractivity contribution >= 4 is 5.97 Å². The monoisotopic (exact) mass is 242 g/mol. The van der Waals surface area contributed by atoms with Crippen molar-refractivity contribution in [3.8, 4) is 16.9 Å². The number of hydrogen-bond acceptors (Lipinski definition) is 2. The molecule has 1 N–H and O–H groups in total. The summed E-state index contributed by atoms with van der Waals surface area (Å²) in [6.07, 6.45) is 0. The van der Waals surface area contributed by atoms with E-state index in [4.69, 9.17) is 9.84 Å². The van der Waals surface area contributed by atoms with Crippen molar-refractivity contribution in [1.29, 1.82) is 0 Å². The lowest BCUT2D eigenvalue weighted by atomic mass is 9.99. The molecule has 0 saturated carbocycles. The molecular formula is C15H14O3. The number of hydrogen-bond donors (Lipinski definition) is 1. The van der Waals surface area contributed by atoms with E-state index in [1.807, 2.05) is 37.3 Å². The standard InChI is InChI=1S/C15H14O3/c1-10-13(4-3-5-14(10)18-2)11-6-8-12(9-7-11)15(16)17/h3-9H,1-2H3,(H,16,17). The van der Waals surface area contributed by atoms with E-state index < -0.39 is 5.97 Å². The van der Waals surface area contributed by atoms with Crippen LogP contribution in [0.1, 0.15) is 15.9 Å². The van der Waals surface area contributed by atoms with Crippen molar-refractivity contribution in [2.24, 2.45) is 0 Å². The fourth-order valence-corrected chi connectivity index (χ4v) is 1.94. The van der Waals surface area contributed by atoms with Crippen molar-refractivity contribution < 1.29 is 14.6 Å². The molecule has 0 unspecified atom stereocenters. The summed E-state index contributed by atoms with van der Waals surface area (Å²) < 4.78 is 5.27. The molecule has 3 nitrogen and oxygen atoms in total. The van der Waals surface area contributed by atoms with Gasteiger partial charge in [0.05, 0.1) is 12.7 Å². The van der Waals surface area contributed by atoms with Crippen LogP contribution in [0, 0.1) is 6.92 Å². The first kappa shape index (κ1) is 12.2. The minimum atomic E-state index is -0.913. The van der Waals surface area contributed by atoms with Crippen LogP contribution < -0.4 is 4.74 Å². The van der Waals surface area contributed by atoms with Gasteiger partial charge in [-0.3, -0.25) is 0 Å². The normalized spacial score (nSPS) is 10.1. The molecular weight excluding hydrogens is 228 g/mol. The number of aromatic carboxylic acids is 1. The third kappa shape index (κ3) is 2.20. The summed E-state index contributed by atoms with van der Waals surface area (Å²) in [5.41, 5.74) is 3.37. The second kappa shape index (κ2) is 4.92. The second-order valence-electron chi connectivity index (χ2n) is 4.02. The zero-order valence-electron chi connectivity index (χ0n) is 10.3. The lowest BCUT2D eigenvalue weighted by Crippen LogP contribution is -1.95. The van der Waals surface area contributed by atoms with E-state index in [-0.39, 0.29) is 0 Å². The topological polar surface area (TPSA) is 46.5 Å². The highest BCUT2D eigenvalue weighted by Gasteiger charge is 2.07. The third-order valence-electron chi connectivity index (χ3n) is 2.95. The fourth-order valence-electron chi connectivity index (χ4n) is 1.94. The van der Waals surface area contributed by atoms with E-state index in [9.17, 15) is 4.79 Å². The summed E-state index contributed by atoms with van der Waals surface area (Å²) in [6, 6.07) is 12.7. The minimum absolute atomic E-state index is 0.291. The molecule has 0 saturated heterocycles. The number of carboxylic acid groups (broad SMARTS) is 1. The van der Waals surface area contributed by atoms with Gasteiger partial charge in [0, 0.05) is 0 Å². The van der Waals surface area contributed by atoms with Gasteiger partial charge in [-0.2, -0.15) is 0 Å². The average Bonchev–Trinajstić information content (AvgIpc) is 2.39. The Morgan fingerprint density at radius 1 is 1.11 bits per heavy atom. The molecule has 0 amide bonds. The molecule has 0 aliphatic heterocycles. The summed E-state index contributed by atoms with van der Waals surface area (Å²) in [5, 5.41) is 8.86. The zero-order valence-corrected chi connectivity index (χ0v) is 10.3.